The summed E-state index contributed by atoms with van der Waals surface area (Å²) in [7, 11) is 0. The van der Waals surface area contributed by atoms with Crippen LogP contribution in [-0.2, 0) is 11.1 Å². The molecule has 27 heavy (non-hydrogen) atoms. The van der Waals surface area contributed by atoms with Gasteiger partial charge in [0.05, 0.1) is 11.7 Å². The molecule has 4 fully saturated rings. The van der Waals surface area contributed by atoms with Gasteiger partial charge in [0.1, 0.15) is 0 Å². The molecule has 0 bridgehead atoms. The van der Waals surface area contributed by atoms with Crippen LogP contribution in [0, 0.1) is 23.7 Å². The van der Waals surface area contributed by atoms with Gasteiger partial charge in [0.2, 0.25) is 0 Å². The normalized spacial score (nSPS) is 36.3. The van der Waals surface area contributed by atoms with E-state index >= 15 is 0 Å². The van der Waals surface area contributed by atoms with Gasteiger partial charge in [-0.3, -0.25) is 14.5 Å². The van der Waals surface area contributed by atoms with Crippen LogP contribution in [0.4, 0.5) is 0 Å². The topological polar surface area (TPSA) is 24.3 Å². The molecule has 4 heteroatoms. The summed E-state index contributed by atoms with van der Waals surface area (Å²) in [6, 6.07) is 1.53. The molecule has 4 nitrogen and oxygen atoms in total. The fourth-order valence-electron chi connectivity index (χ4n) is 6.30. The van der Waals surface area contributed by atoms with Gasteiger partial charge in [-0.15, -0.1) is 0 Å². The van der Waals surface area contributed by atoms with E-state index in [0.29, 0.717) is 6.04 Å². The van der Waals surface area contributed by atoms with Crippen LogP contribution in [0.25, 0.3) is 0 Å². The van der Waals surface area contributed by atoms with E-state index in [0.717, 1.165) is 29.7 Å². The van der Waals surface area contributed by atoms with Gasteiger partial charge >= 0.3 is 0 Å². The van der Waals surface area contributed by atoms with E-state index in [1.807, 2.05) is 0 Å². The molecule has 0 N–H and O–H groups in total. The molecule has 1 aromatic heterocycles. The lowest BCUT2D eigenvalue weighted by Gasteiger charge is -2.36. The molecular formula is C23H38N4. The summed E-state index contributed by atoms with van der Waals surface area (Å²) in [5.41, 5.74) is 1.59. The minimum Gasteiger partial charge on any atom is -0.297 e. The number of piperidine rings is 2. The van der Waals surface area contributed by atoms with E-state index < -0.39 is 0 Å². The first-order valence-electron chi connectivity index (χ1n) is 11.2. The third kappa shape index (κ3) is 2.90. The second kappa shape index (κ2) is 5.82. The zero-order valence-electron chi connectivity index (χ0n) is 18.2. The summed E-state index contributed by atoms with van der Waals surface area (Å²) in [5.74, 6) is 3.76. The Hall–Kier alpha value is -0.870. The maximum atomic E-state index is 4.86. The molecule has 4 aliphatic rings. The van der Waals surface area contributed by atoms with Gasteiger partial charge in [0.25, 0.3) is 0 Å². The Morgan fingerprint density at radius 3 is 2.52 bits per heavy atom. The maximum Gasteiger partial charge on any atom is 0.0575 e. The van der Waals surface area contributed by atoms with E-state index in [4.69, 9.17) is 5.10 Å². The second-order valence-corrected chi connectivity index (χ2v) is 11.3. The fraction of sp³-hybridized carbons (Fsp3) is 0.870. The monoisotopic (exact) mass is 370 g/mol. The third-order valence-corrected chi connectivity index (χ3v) is 8.47. The van der Waals surface area contributed by atoms with E-state index in [-0.39, 0.29) is 11.1 Å². The van der Waals surface area contributed by atoms with Crippen LogP contribution in [-0.4, -0.2) is 51.3 Å². The largest absolute Gasteiger partial charge is 0.297 e. The van der Waals surface area contributed by atoms with Crippen LogP contribution < -0.4 is 0 Å². The smallest absolute Gasteiger partial charge is 0.0575 e. The lowest BCUT2D eigenvalue weighted by molar-refractivity contribution is 0.137. The van der Waals surface area contributed by atoms with E-state index in [1.54, 1.807) is 0 Å². The number of nitrogens with zero attached hydrogens (tertiary/aromatic N) is 4. The van der Waals surface area contributed by atoms with Crippen LogP contribution in [0.1, 0.15) is 66.4 Å². The van der Waals surface area contributed by atoms with Crippen LogP contribution in [0.3, 0.4) is 0 Å². The zero-order valence-corrected chi connectivity index (χ0v) is 18.2. The van der Waals surface area contributed by atoms with Crippen molar-refractivity contribution in [1.29, 1.82) is 0 Å². The highest BCUT2D eigenvalue weighted by Gasteiger charge is 2.58. The Labute approximate surface area is 165 Å². The average molecular weight is 371 g/mol. The van der Waals surface area contributed by atoms with Crippen molar-refractivity contribution < 1.29 is 0 Å². The quantitative estimate of drug-likeness (QED) is 0.758. The molecule has 0 spiro atoms. The predicted molar refractivity (Wildman–Crippen MR) is 110 cm³/mol. The molecule has 2 saturated heterocycles. The number of likely N-dealkylation sites (tertiary alicyclic amines) is 2. The summed E-state index contributed by atoms with van der Waals surface area (Å²) in [6.45, 7) is 18.1. The molecular weight excluding hydrogens is 332 g/mol. The van der Waals surface area contributed by atoms with Gasteiger partial charge in [0.15, 0.2) is 0 Å². The molecule has 0 radical (unpaired) electrons. The third-order valence-electron chi connectivity index (χ3n) is 8.47. The molecule has 1 aromatic rings. The molecule has 2 aliphatic heterocycles. The van der Waals surface area contributed by atoms with Crippen LogP contribution in [0.2, 0.25) is 0 Å². The minimum absolute atomic E-state index is 0.0964. The summed E-state index contributed by atoms with van der Waals surface area (Å²) < 4.78 is 2.27. The standard InChI is InChI=1S/C23H38N4/c1-15(2)26-8-7-19-20(21(19)26)10-22(3,4)27-14-18(11-24-27)23(5,6)25-12-16-9-17(16)13-25/h11,14-17,19-21H,7-10,12-13H2,1-6H3. The zero-order chi connectivity index (χ0) is 19.1. The van der Waals surface area contributed by atoms with Gasteiger partial charge < -0.3 is 0 Å². The van der Waals surface area contributed by atoms with Crippen molar-refractivity contribution in [1.82, 2.24) is 19.6 Å². The first-order valence-corrected chi connectivity index (χ1v) is 11.2. The Kier molecular flexibility index (Phi) is 3.92. The first kappa shape index (κ1) is 18.2. The summed E-state index contributed by atoms with van der Waals surface area (Å²) in [5, 5.41) is 4.86. The first-order chi connectivity index (χ1) is 12.7. The SMILES string of the molecule is CC(C)N1CCC2C(CC(C)(C)n3cc(C(C)(C)N4CC5CC5C4)cn3)C21. The van der Waals surface area contributed by atoms with E-state index in [2.05, 4.69) is 68.4 Å². The number of hydrogen-bond acceptors (Lipinski definition) is 3. The average Bonchev–Trinajstić information content (AvgIpc) is 3.25. The molecule has 2 saturated carbocycles. The van der Waals surface area contributed by atoms with Gasteiger partial charge in [-0.2, -0.15) is 5.10 Å². The lowest BCUT2D eigenvalue weighted by atomic mass is 9.93. The number of hydrogen-bond donors (Lipinski definition) is 0. The maximum absolute atomic E-state index is 4.86. The summed E-state index contributed by atoms with van der Waals surface area (Å²) in [6.07, 6.45) is 8.61. The molecule has 2 aliphatic carbocycles. The van der Waals surface area contributed by atoms with Crippen LogP contribution in [0.15, 0.2) is 12.4 Å². The number of fused-ring (bicyclic) bond motifs is 2. The van der Waals surface area contributed by atoms with Crippen molar-refractivity contribution in [3.8, 4) is 0 Å². The van der Waals surface area contributed by atoms with Gasteiger partial charge in [-0.05, 0) is 91.0 Å². The fourth-order valence-corrected chi connectivity index (χ4v) is 6.30. The van der Waals surface area contributed by atoms with Gasteiger partial charge in [-0.25, -0.2) is 0 Å². The second-order valence-electron chi connectivity index (χ2n) is 11.3. The lowest BCUT2D eigenvalue weighted by Crippen LogP contribution is -2.41. The summed E-state index contributed by atoms with van der Waals surface area (Å²) >= 11 is 0. The highest BCUT2D eigenvalue weighted by atomic mass is 15.3. The van der Waals surface area contributed by atoms with Crippen molar-refractivity contribution in [3.05, 3.63) is 18.0 Å². The molecule has 5 rings (SSSR count). The van der Waals surface area contributed by atoms with Crippen molar-refractivity contribution in [2.45, 2.75) is 84.0 Å². The van der Waals surface area contributed by atoms with Crippen molar-refractivity contribution in [3.63, 3.8) is 0 Å². The Morgan fingerprint density at radius 2 is 1.85 bits per heavy atom. The predicted octanol–water partition coefficient (Wildman–Crippen LogP) is 3.92. The Balaban J connectivity index is 1.28. The molecule has 150 valence electrons. The van der Waals surface area contributed by atoms with Crippen LogP contribution >= 0.6 is 0 Å². The number of rotatable bonds is 6. The Morgan fingerprint density at radius 1 is 1.15 bits per heavy atom. The summed E-state index contributed by atoms with van der Waals surface area (Å²) in [4.78, 5) is 5.42. The molecule has 0 aromatic carbocycles. The number of aromatic nitrogens is 2. The van der Waals surface area contributed by atoms with Gasteiger partial charge in [-0.1, -0.05) is 0 Å². The van der Waals surface area contributed by atoms with Gasteiger partial charge in [0, 0.05) is 42.5 Å². The van der Waals surface area contributed by atoms with Crippen molar-refractivity contribution in [2.24, 2.45) is 23.7 Å². The molecule has 0 amide bonds. The molecule has 5 atom stereocenters. The van der Waals surface area contributed by atoms with E-state index in [9.17, 15) is 0 Å². The van der Waals surface area contributed by atoms with Crippen molar-refractivity contribution in [2.75, 3.05) is 19.6 Å². The molecule has 5 unspecified atom stereocenters. The highest BCUT2D eigenvalue weighted by molar-refractivity contribution is 5.19. The van der Waals surface area contributed by atoms with E-state index in [1.165, 1.54) is 44.5 Å². The van der Waals surface area contributed by atoms with Crippen molar-refractivity contribution >= 4 is 0 Å². The Bertz CT molecular complexity index is 708. The highest BCUT2D eigenvalue weighted by Crippen LogP contribution is 2.55. The molecule has 3 heterocycles. The minimum atomic E-state index is 0.0964. The van der Waals surface area contributed by atoms with Crippen LogP contribution in [0.5, 0.6) is 0 Å².